The number of hydrogen-bond donors (Lipinski definition) is 1. The van der Waals surface area contributed by atoms with E-state index in [4.69, 9.17) is 0 Å². The summed E-state index contributed by atoms with van der Waals surface area (Å²) < 4.78 is 83.3. The summed E-state index contributed by atoms with van der Waals surface area (Å²) in [5.41, 5.74) is -0.111. The molecule has 34 heavy (non-hydrogen) atoms. The molecule has 0 radical (unpaired) electrons. The van der Waals surface area contributed by atoms with Crippen LogP contribution in [0.25, 0.3) is 0 Å². The fourth-order valence-corrected chi connectivity index (χ4v) is 5.70. The minimum absolute atomic E-state index is 0.00453. The molecule has 5 nitrogen and oxygen atoms in total. The molecule has 190 valence electrons. The van der Waals surface area contributed by atoms with Crippen LogP contribution in [0.1, 0.15) is 42.5 Å². The molecular weight excluding hydrogens is 464 g/mol. The number of piperidine rings is 1. The second kappa shape index (κ2) is 9.93. The predicted molar refractivity (Wildman–Crippen MR) is 112 cm³/mol. The number of halogens is 6. The van der Waals surface area contributed by atoms with E-state index in [0.29, 0.717) is 32.7 Å². The Kier molecular flexibility index (Phi) is 7.33. The van der Waals surface area contributed by atoms with Crippen molar-refractivity contribution in [3.05, 3.63) is 29.6 Å². The Morgan fingerprint density at radius 1 is 1.12 bits per heavy atom. The van der Waals surface area contributed by atoms with Gasteiger partial charge in [-0.1, -0.05) is 6.42 Å². The summed E-state index contributed by atoms with van der Waals surface area (Å²) in [6, 6.07) is 1.34. The SMILES string of the molecule is O=C(NCC1CC2(C1)CN(CC(N1CCCCC1)C(F)(F)F)C2)c1cc(F)cc(OC(F)F)c1. The topological polar surface area (TPSA) is 44.8 Å². The third kappa shape index (κ3) is 5.97. The van der Waals surface area contributed by atoms with Crippen LogP contribution < -0.4 is 10.1 Å². The van der Waals surface area contributed by atoms with Crippen molar-refractivity contribution in [2.24, 2.45) is 11.3 Å². The maximum Gasteiger partial charge on any atom is 0.405 e. The molecule has 2 saturated heterocycles. The number of alkyl halides is 5. The molecule has 3 aliphatic rings. The van der Waals surface area contributed by atoms with E-state index in [2.05, 4.69) is 10.1 Å². The van der Waals surface area contributed by atoms with Crippen LogP contribution in [0.5, 0.6) is 5.75 Å². The molecule has 1 aliphatic carbocycles. The van der Waals surface area contributed by atoms with E-state index in [0.717, 1.165) is 50.3 Å². The van der Waals surface area contributed by atoms with Crippen LogP contribution in [0.15, 0.2) is 18.2 Å². The van der Waals surface area contributed by atoms with Crippen molar-refractivity contribution in [3.8, 4) is 5.75 Å². The summed E-state index contributed by atoms with van der Waals surface area (Å²) in [5.74, 6) is -1.71. The van der Waals surface area contributed by atoms with Gasteiger partial charge in [0.1, 0.15) is 17.6 Å². The lowest BCUT2D eigenvalue weighted by atomic mass is 9.57. The van der Waals surface area contributed by atoms with Crippen LogP contribution in [0.3, 0.4) is 0 Å². The second-order valence-electron chi connectivity index (χ2n) is 9.86. The van der Waals surface area contributed by atoms with Crippen LogP contribution in [0, 0.1) is 17.2 Å². The average Bonchev–Trinajstić information content (AvgIpc) is 2.69. The number of benzene rings is 1. The van der Waals surface area contributed by atoms with Gasteiger partial charge in [-0.25, -0.2) is 4.39 Å². The van der Waals surface area contributed by atoms with Crippen LogP contribution in [0.2, 0.25) is 0 Å². The van der Waals surface area contributed by atoms with Gasteiger partial charge in [-0.2, -0.15) is 22.0 Å². The Morgan fingerprint density at radius 3 is 2.41 bits per heavy atom. The Labute approximate surface area is 194 Å². The predicted octanol–water partition coefficient (Wildman–Crippen LogP) is 4.29. The quantitative estimate of drug-likeness (QED) is 0.549. The number of nitrogens with one attached hydrogen (secondary N) is 1. The van der Waals surface area contributed by atoms with Gasteiger partial charge < -0.3 is 15.0 Å². The average molecular weight is 493 g/mol. The lowest BCUT2D eigenvalue weighted by Crippen LogP contribution is -2.66. The molecule has 1 unspecified atom stereocenters. The highest BCUT2D eigenvalue weighted by Gasteiger charge is 2.54. The number of hydrogen-bond acceptors (Lipinski definition) is 4. The Morgan fingerprint density at radius 2 is 1.79 bits per heavy atom. The third-order valence-electron chi connectivity index (χ3n) is 7.11. The normalized spacial score (nSPS) is 22.3. The van der Waals surface area contributed by atoms with Crippen LogP contribution >= 0.6 is 0 Å². The van der Waals surface area contributed by atoms with Crippen molar-refractivity contribution in [3.63, 3.8) is 0 Å². The zero-order valence-electron chi connectivity index (χ0n) is 18.7. The molecule has 1 N–H and O–H groups in total. The Bertz CT molecular complexity index is 861. The number of likely N-dealkylation sites (tertiary alicyclic amines) is 2. The number of carbonyl (C=O) groups excluding carboxylic acids is 1. The zero-order valence-corrected chi connectivity index (χ0v) is 18.7. The van der Waals surface area contributed by atoms with Gasteiger partial charge >= 0.3 is 12.8 Å². The highest BCUT2D eigenvalue weighted by molar-refractivity contribution is 5.94. The van der Waals surface area contributed by atoms with E-state index in [1.54, 1.807) is 4.90 Å². The van der Waals surface area contributed by atoms with Gasteiger partial charge in [-0.3, -0.25) is 9.69 Å². The molecule has 1 aromatic carbocycles. The first kappa shape index (κ1) is 25.1. The number of carbonyl (C=O) groups is 1. The summed E-state index contributed by atoms with van der Waals surface area (Å²) in [6.45, 7) is -0.572. The Hall–Kier alpha value is -2.01. The van der Waals surface area contributed by atoms with E-state index < -0.39 is 36.3 Å². The van der Waals surface area contributed by atoms with E-state index in [-0.39, 0.29) is 23.4 Å². The summed E-state index contributed by atoms with van der Waals surface area (Å²) in [5, 5.41) is 2.68. The number of amides is 1. The lowest BCUT2D eigenvalue weighted by Gasteiger charge is -2.60. The van der Waals surface area contributed by atoms with Gasteiger partial charge in [0.2, 0.25) is 0 Å². The van der Waals surface area contributed by atoms with Crippen LogP contribution in [0.4, 0.5) is 26.3 Å². The standard InChI is InChI=1S/C23H29F6N3O2/c24-17-6-16(7-18(8-17)34-21(25)26)20(33)30-11-15-9-22(10-15)13-31(14-22)12-19(23(27,28)29)32-4-2-1-3-5-32/h6-8,15,19,21H,1-5,9-14H2,(H,30,33). The van der Waals surface area contributed by atoms with Gasteiger partial charge in [-0.15, -0.1) is 0 Å². The molecule has 2 aliphatic heterocycles. The smallest absolute Gasteiger partial charge is 0.405 e. The molecule has 11 heteroatoms. The highest BCUT2D eigenvalue weighted by Crippen LogP contribution is 2.52. The van der Waals surface area contributed by atoms with Crippen molar-refractivity contribution in [1.82, 2.24) is 15.1 Å². The summed E-state index contributed by atoms with van der Waals surface area (Å²) in [7, 11) is 0. The van der Waals surface area contributed by atoms with Gasteiger partial charge in [0.25, 0.3) is 5.91 Å². The highest BCUT2D eigenvalue weighted by atomic mass is 19.4. The van der Waals surface area contributed by atoms with E-state index >= 15 is 0 Å². The fraction of sp³-hybridized carbons (Fsp3) is 0.696. The van der Waals surface area contributed by atoms with E-state index in [9.17, 15) is 31.1 Å². The largest absolute Gasteiger partial charge is 0.435 e. The molecule has 1 spiro atoms. The van der Waals surface area contributed by atoms with Gasteiger partial charge in [-0.05, 0) is 62.2 Å². The molecule has 1 amide bonds. The maximum absolute atomic E-state index is 13.6. The number of rotatable bonds is 8. The summed E-state index contributed by atoms with van der Waals surface area (Å²) >= 11 is 0. The lowest BCUT2D eigenvalue weighted by molar-refractivity contribution is -0.202. The van der Waals surface area contributed by atoms with Crippen molar-refractivity contribution in [2.45, 2.75) is 50.9 Å². The minimum Gasteiger partial charge on any atom is -0.435 e. The molecule has 1 aromatic rings. The van der Waals surface area contributed by atoms with Crippen molar-refractivity contribution in [2.75, 3.05) is 39.3 Å². The first-order valence-corrected chi connectivity index (χ1v) is 11.6. The molecule has 3 fully saturated rings. The first-order valence-electron chi connectivity index (χ1n) is 11.6. The van der Waals surface area contributed by atoms with E-state index in [1.807, 2.05) is 4.90 Å². The van der Waals surface area contributed by atoms with Crippen molar-refractivity contribution < 1.29 is 35.9 Å². The Balaban J connectivity index is 1.21. The number of nitrogens with zero attached hydrogens (tertiary/aromatic N) is 2. The van der Waals surface area contributed by atoms with Crippen LogP contribution in [-0.2, 0) is 0 Å². The fourth-order valence-electron chi connectivity index (χ4n) is 5.70. The molecular formula is C23H29F6N3O2. The molecule has 0 bridgehead atoms. The van der Waals surface area contributed by atoms with Crippen molar-refractivity contribution in [1.29, 1.82) is 0 Å². The molecule has 4 rings (SSSR count). The van der Waals surface area contributed by atoms with Crippen LogP contribution in [-0.4, -0.2) is 73.8 Å². The molecule has 1 atom stereocenters. The van der Waals surface area contributed by atoms with Gasteiger partial charge in [0.05, 0.1) is 0 Å². The third-order valence-corrected chi connectivity index (χ3v) is 7.11. The molecule has 1 saturated carbocycles. The maximum atomic E-state index is 13.6. The van der Waals surface area contributed by atoms with Crippen molar-refractivity contribution >= 4 is 5.91 Å². The monoisotopic (exact) mass is 493 g/mol. The summed E-state index contributed by atoms with van der Waals surface area (Å²) in [4.78, 5) is 15.7. The first-order chi connectivity index (χ1) is 16.0. The zero-order chi connectivity index (χ0) is 24.5. The molecule has 2 heterocycles. The summed E-state index contributed by atoms with van der Waals surface area (Å²) in [6.07, 6.45) is -0.0559. The molecule has 0 aromatic heterocycles. The number of ether oxygens (including phenoxy) is 1. The second-order valence-corrected chi connectivity index (χ2v) is 9.86. The van der Waals surface area contributed by atoms with Gasteiger partial charge in [0, 0.05) is 37.8 Å². The van der Waals surface area contributed by atoms with E-state index in [1.165, 1.54) is 0 Å². The minimum atomic E-state index is -4.25. The van der Waals surface area contributed by atoms with Gasteiger partial charge in [0.15, 0.2) is 0 Å².